The summed E-state index contributed by atoms with van der Waals surface area (Å²) in [5, 5.41) is 5.62. The third kappa shape index (κ3) is 7.67. The number of benzene rings is 4. The van der Waals surface area contributed by atoms with Crippen LogP contribution in [0.5, 0.6) is 23.0 Å². The van der Waals surface area contributed by atoms with Crippen molar-refractivity contribution in [2.24, 2.45) is 0 Å². The molecule has 0 heterocycles. The van der Waals surface area contributed by atoms with Gasteiger partial charge in [0.1, 0.15) is 18.1 Å². The lowest BCUT2D eigenvalue weighted by molar-refractivity contribution is -0.111. The largest absolute Gasteiger partial charge is 0.494 e. The molecule has 0 aliphatic rings. The summed E-state index contributed by atoms with van der Waals surface area (Å²) in [4.78, 5) is 25.5. The number of amides is 2. The first-order valence-corrected chi connectivity index (χ1v) is 13.4. The van der Waals surface area contributed by atoms with E-state index in [0.717, 1.165) is 11.1 Å². The van der Waals surface area contributed by atoms with Crippen LogP contribution in [-0.2, 0) is 11.4 Å². The Hall–Kier alpha value is -4.76. The second-order valence-corrected chi connectivity index (χ2v) is 9.56. The molecule has 0 aliphatic carbocycles. The molecular weight excluding hydrogens is 588 g/mol. The van der Waals surface area contributed by atoms with Gasteiger partial charge in [0.25, 0.3) is 5.91 Å². The maximum absolute atomic E-state index is 12.8. The van der Waals surface area contributed by atoms with Gasteiger partial charge in [-0.2, -0.15) is 0 Å². The van der Waals surface area contributed by atoms with Crippen molar-refractivity contribution in [1.29, 1.82) is 0 Å². The molecule has 0 saturated carbocycles. The predicted octanol–water partition coefficient (Wildman–Crippen LogP) is 6.96. The number of carbonyl (C=O) groups is 2. The van der Waals surface area contributed by atoms with Gasteiger partial charge >= 0.3 is 0 Å². The zero-order chi connectivity index (χ0) is 29.2. The molecule has 0 atom stereocenters. The molecule has 0 aromatic heterocycles. The van der Waals surface area contributed by atoms with Gasteiger partial charge in [-0.15, -0.1) is 0 Å². The van der Waals surface area contributed by atoms with Gasteiger partial charge in [-0.3, -0.25) is 9.59 Å². The van der Waals surface area contributed by atoms with Crippen molar-refractivity contribution in [3.05, 3.63) is 112 Å². The molecule has 8 nitrogen and oxygen atoms in total. The fourth-order valence-corrected chi connectivity index (χ4v) is 4.50. The lowest BCUT2D eigenvalue weighted by atomic mass is 10.1. The molecule has 0 radical (unpaired) electrons. The SMILES string of the molecule is COc1cc(NC(=O)c2ccccc2)c(OC)cc1NC(=O)/C=C/c1cc(Br)c(OCc2ccccc2)c(OC)c1. The maximum atomic E-state index is 12.8. The third-order valence-electron chi connectivity index (χ3n) is 5.97. The number of ether oxygens (including phenoxy) is 4. The lowest BCUT2D eigenvalue weighted by Gasteiger charge is -2.16. The van der Waals surface area contributed by atoms with Crippen molar-refractivity contribution in [2.45, 2.75) is 6.61 Å². The number of rotatable bonds is 11. The maximum Gasteiger partial charge on any atom is 0.255 e. The number of methoxy groups -OCH3 is 3. The summed E-state index contributed by atoms with van der Waals surface area (Å²) in [6.45, 7) is 0.382. The Morgan fingerprint density at radius 3 is 1.95 bits per heavy atom. The molecule has 210 valence electrons. The molecule has 4 aromatic carbocycles. The van der Waals surface area contributed by atoms with E-state index in [1.165, 1.54) is 20.3 Å². The van der Waals surface area contributed by atoms with Gasteiger partial charge in [-0.05, 0) is 57.4 Å². The molecule has 4 aromatic rings. The van der Waals surface area contributed by atoms with E-state index in [1.807, 2.05) is 42.5 Å². The molecule has 2 amide bonds. The fraction of sp³-hybridized carbons (Fsp3) is 0.125. The standard InChI is InChI=1S/C32H29BrN2O6/c1-38-27-19-26(35-32(37)23-12-8-5-9-13-23)28(39-2)18-25(27)34-30(36)15-14-22-16-24(33)31(29(17-22)40-3)41-20-21-10-6-4-7-11-21/h4-19H,20H2,1-3H3,(H,34,36)(H,35,37)/b15-14+. The van der Waals surface area contributed by atoms with E-state index >= 15 is 0 Å². The van der Waals surface area contributed by atoms with E-state index in [0.29, 0.717) is 51.0 Å². The predicted molar refractivity (Wildman–Crippen MR) is 163 cm³/mol. The average Bonchev–Trinajstić information content (AvgIpc) is 3.00. The Morgan fingerprint density at radius 2 is 1.34 bits per heavy atom. The Balaban J connectivity index is 1.47. The summed E-state index contributed by atoms with van der Waals surface area (Å²) >= 11 is 3.55. The van der Waals surface area contributed by atoms with Crippen LogP contribution < -0.4 is 29.6 Å². The Bertz CT molecular complexity index is 1540. The first-order valence-electron chi connectivity index (χ1n) is 12.6. The Kier molecular flexibility index (Phi) is 10.0. The number of anilines is 2. The second kappa shape index (κ2) is 14.0. The van der Waals surface area contributed by atoms with E-state index in [1.54, 1.807) is 55.7 Å². The van der Waals surface area contributed by atoms with Crippen LogP contribution in [0.25, 0.3) is 6.08 Å². The van der Waals surface area contributed by atoms with Crippen LogP contribution in [0.4, 0.5) is 11.4 Å². The van der Waals surface area contributed by atoms with Gasteiger partial charge in [0.05, 0.1) is 37.2 Å². The highest BCUT2D eigenvalue weighted by Gasteiger charge is 2.16. The van der Waals surface area contributed by atoms with Crippen LogP contribution in [0.2, 0.25) is 0 Å². The smallest absolute Gasteiger partial charge is 0.255 e. The van der Waals surface area contributed by atoms with E-state index < -0.39 is 5.91 Å². The average molecular weight is 617 g/mol. The van der Waals surface area contributed by atoms with E-state index in [4.69, 9.17) is 18.9 Å². The molecule has 0 spiro atoms. The first kappa shape index (κ1) is 29.2. The molecule has 2 N–H and O–H groups in total. The topological polar surface area (TPSA) is 95.1 Å². The van der Waals surface area contributed by atoms with Crippen LogP contribution >= 0.6 is 15.9 Å². The number of carbonyl (C=O) groups excluding carboxylic acids is 2. The van der Waals surface area contributed by atoms with Gasteiger partial charge in [0.2, 0.25) is 5.91 Å². The number of halogens is 1. The van der Waals surface area contributed by atoms with Crippen molar-refractivity contribution in [1.82, 2.24) is 0 Å². The summed E-state index contributed by atoms with van der Waals surface area (Å²) in [5.41, 5.74) is 3.02. The van der Waals surface area contributed by atoms with Crippen molar-refractivity contribution < 1.29 is 28.5 Å². The highest BCUT2D eigenvalue weighted by atomic mass is 79.9. The Morgan fingerprint density at radius 1 is 0.756 bits per heavy atom. The van der Waals surface area contributed by atoms with Gasteiger partial charge in [0.15, 0.2) is 11.5 Å². The van der Waals surface area contributed by atoms with Crippen molar-refractivity contribution in [3.63, 3.8) is 0 Å². The molecule has 0 saturated heterocycles. The monoisotopic (exact) mass is 616 g/mol. The molecule has 0 aliphatic heterocycles. The molecule has 4 rings (SSSR count). The zero-order valence-electron chi connectivity index (χ0n) is 22.8. The van der Waals surface area contributed by atoms with Crippen LogP contribution in [0, 0.1) is 0 Å². The summed E-state index contributed by atoms with van der Waals surface area (Å²) in [6, 6.07) is 25.4. The van der Waals surface area contributed by atoms with Crippen molar-refractivity contribution in [2.75, 3.05) is 32.0 Å². The molecule has 0 bridgehead atoms. The Labute approximate surface area is 247 Å². The van der Waals surface area contributed by atoms with Gasteiger partial charge in [-0.25, -0.2) is 0 Å². The molecule has 0 unspecified atom stereocenters. The zero-order valence-corrected chi connectivity index (χ0v) is 24.4. The van der Waals surface area contributed by atoms with E-state index in [9.17, 15) is 9.59 Å². The van der Waals surface area contributed by atoms with Crippen LogP contribution in [-0.4, -0.2) is 33.1 Å². The summed E-state index contributed by atoms with van der Waals surface area (Å²) in [5.74, 6) is 1.09. The number of nitrogens with one attached hydrogen (secondary N) is 2. The third-order valence-corrected chi connectivity index (χ3v) is 6.56. The quantitative estimate of drug-likeness (QED) is 0.177. The molecule has 9 heteroatoms. The van der Waals surface area contributed by atoms with Gasteiger partial charge in [0, 0.05) is 23.8 Å². The number of hydrogen-bond donors (Lipinski definition) is 2. The summed E-state index contributed by atoms with van der Waals surface area (Å²) < 4.78 is 23.1. The van der Waals surface area contributed by atoms with Crippen LogP contribution in [0.3, 0.4) is 0 Å². The highest BCUT2D eigenvalue weighted by Crippen LogP contribution is 2.38. The fourth-order valence-electron chi connectivity index (χ4n) is 3.93. The number of hydrogen-bond acceptors (Lipinski definition) is 6. The molecule has 41 heavy (non-hydrogen) atoms. The normalized spacial score (nSPS) is 10.6. The summed E-state index contributed by atoms with van der Waals surface area (Å²) in [7, 11) is 4.51. The van der Waals surface area contributed by atoms with Crippen molar-refractivity contribution in [3.8, 4) is 23.0 Å². The summed E-state index contributed by atoms with van der Waals surface area (Å²) in [6.07, 6.45) is 3.05. The lowest BCUT2D eigenvalue weighted by Crippen LogP contribution is -2.14. The van der Waals surface area contributed by atoms with E-state index in [2.05, 4.69) is 26.6 Å². The second-order valence-electron chi connectivity index (χ2n) is 8.70. The molecule has 0 fully saturated rings. The van der Waals surface area contributed by atoms with E-state index in [-0.39, 0.29) is 5.91 Å². The van der Waals surface area contributed by atoms with Crippen molar-refractivity contribution >= 4 is 45.2 Å². The minimum absolute atomic E-state index is 0.302. The highest BCUT2D eigenvalue weighted by molar-refractivity contribution is 9.10. The van der Waals surface area contributed by atoms with Gasteiger partial charge < -0.3 is 29.6 Å². The first-order chi connectivity index (χ1) is 19.9. The minimum Gasteiger partial charge on any atom is -0.494 e. The minimum atomic E-state index is -0.397. The molecular formula is C32H29BrN2O6. The van der Waals surface area contributed by atoms with Crippen LogP contribution in [0.15, 0.2) is 95.5 Å². The van der Waals surface area contributed by atoms with Crippen LogP contribution in [0.1, 0.15) is 21.5 Å². The van der Waals surface area contributed by atoms with Gasteiger partial charge in [-0.1, -0.05) is 48.5 Å².